The smallest absolute Gasteiger partial charge is 0.416 e. The van der Waals surface area contributed by atoms with Crippen LogP contribution >= 0.6 is 0 Å². The summed E-state index contributed by atoms with van der Waals surface area (Å²) >= 11 is 0. The molecule has 2 heterocycles. The molecule has 0 aliphatic heterocycles. The number of hydrogen-bond acceptors (Lipinski definition) is 6. The molecule has 2 N–H and O–H groups in total. The van der Waals surface area contributed by atoms with Crippen molar-refractivity contribution in [3.63, 3.8) is 0 Å². The number of fused-ring (bicyclic) bond motifs is 1. The van der Waals surface area contributed by atoms with Gasteiger partial charge in [0.25, 0.3) is 0 Å². The number of hydrogen-bond donors (Lipinski definition) is 2. The average Bonchev–Trinajstić information content (AvgIpc) is 3.21. The Kier molecular flexibility index (Phi) is 6.68. The summed E-state index contributed by atoms with van der Waals surface area (Å²) in [6.45, 7) is 2.18. The second-order valence-electron chi connectivity index (χ2n) is 9.45. The number of aromatic nitrogens is 4. The SMILES string of the molecule is COc1cccc(-c2nc3nc(C(=O)O)nc(N[C@H](C)C4CCC4)c3n2Cc2ccc(C(F)(F)F)cc2)c1. The molecule has 5 rings (SSSR count). The lowest BCUT2D eigenvalue weighted by atomic mass is 9.80. The van der Waals surface area contributed by atoms with Gasteiger partial charge in [0.05, 0.1) is 12.7 Å². The Morgan fingerprint density at radius 1 is 1.16 bits per heavy atom. The third-order valence-electron chi connectivity index (χ3n) is 6.97. The van der Waals surface area contributed by atoms with E-state index in [1.165, 1.54) is 12.1 Å². The molecule has 1 aliphatic rings. The van der Waals surface area contributed by atoms with Gasteiger partial charge in [0.15, 0.2) is 11.5 Å². The second kappa shape index (κ2) is 9.96. The minimum atomic E-state index is -4.44. The Labute approximate surface area is 216 Å². The summed E-state index contributed by atoms with van der Waals surface area (Å²) in [5.41, 5.74) is 1.17. The van der Waals surface area contributed by atoms with Crippen LogP contribution in [0.15, 0.2) is 48.5 Å². The minimum absolute atomic E-state index is 0.0261. The molecule has 1 fully saturated rings. The number of carboxylic acid groups (broad SMARTS) is 1. The second-order valence-corrected chi connectivity index (χ2v) is 9.45. The van der Waals surface area contributed by atoms with Gasteiger partial charge in [-0.05, 0) is 55.5 Å². The highest BCUT2D eigenvalue weighted by atomic mass is 19.4. The quantitative estimate of drug-likeness (QED) is 0.297. The van der Waals surface area contributed by atoms with Crippen molar-refractivity contribution in [2.75, 3.05) is 12.4 Å². The highest BCUT2D eigenvalue weighted by Gasteiger charge is 2.30. The van der Waals surface area contributed by atoms with Gasteiger partial charge in [0.1, 0.15) is 17.1 Å². The Morgan fingerprint density at radius 3 is 2.50 bits per heavy atom. The number of imidazole rings is 1. The van der Waals surface area contributed by atoms with E-state index >= 15 is 0 Å². The van der Waals surface area contributed by atoms with E-state index in [4.69, 9.17) is 4.74 Å². The van der Waals surface area contributed by atoms with Crippen molar-refractivity contribution >= 4 is 23.0 Å². The first kappa shape index (κ1) is 25.5. The predicted molar refractivity (Wildman–Crippen MR) is 135 cm³/mol. The van der Waals surface area contributed by atoms with E-state index in [9.17, 15) is 23.1 Å². The van der Waals surface area contributed by atoms with Crippen molar-refractivity contribution in [3.8, 4) is 17.1 Å². The van der Waals surface area contributed by atoms with E-state index in [2.05, 4.69) is 20.3 Å². The third kappa shape index (κ3) is 5.00. The Bertz CT molecular complexity index is 1480. The molecule has 1 saturated carbocycles. The molecule has 198 valence electrons. The van der Waals surface area contributed by atoms with E-state index < -0.39 is 23.5 Å². The van der Waals surface area contributed by atoms with Crippen molar-refractivity contribution in [1.29, 1.82) is 0 Å². The molecule has 0 amide bonds. The molecule has 8 nitrogen and oxygen atoms in total. The average molecular weight is 526 g/mol. The van der Waals surface area contributed by atoms with Crippen molar-refractivity contribution in [2.45, 2.75) is 44.9 Å². The van der Waals surface area contributed by atoms with Gasteiger partial charge in [-0.25, -0.2) is 19.7 Å². The van der Waals surface area contributed by atoms with Crippen LogP contribution in [-0.2, 0) is 12.7 Å². The molecule has 0 spiro atoms. The van der Waals surface area contributed by atoms with Gasteiger partial charge in [0.2, 0.25) is 5.82 Å². The summed E-state index contributed by atoms with van der Waals surface area (Å²) in [6.07, 6.45) is -1.17. The fraction of sp³-hybridized carbons (Fsp3) is 0.333. The number of benzene rings is 2. The normalized spacial score (nSPS) is 14.8. The van der Waals surface area contributed by atoms with Gasteiger partial charge in [-0.2, -0.15) is 13.2 Å². The van der Waals surface area contributed by atoms with Gasteiger partial charge in [-0.1, -0.05) is 30.7 Å². The van der Waals surface area contributed by atoms with E-state index in [1.54, 1.807) is 29.9 Å². The number of anilines is 1. The van der Waals surface area contributed by atoms with Gasteiger partial charge < -0.3 is 19.7 Å². The fourth-order valence-electron chi connectivity index (χ4n) is 4.62. The number of ether oxygens (including phenoxy) is 1. The molecule has 2 aromatic heterocycles. The lowest BCUT2D eigenvalue weighted by Crippen LogP contribution is -2.31. The first-order valence-electron chi connectivity index (χ1n) is 12.2. The molecule has 0 unspecified atom stereocenters. The summed E-state index contributed by atoms with van der Waals surface area (Å²) in [7, 11) is 1.54. The molecular formula is C27H26F3N5O3. The zero-order valence-electron chi connectivity index (χ0n) is 20.8. The largest absolute Gasteiger partial charge is 0.497 e. The number of aromatic carboxylic acids is 1. The number of nitrogens with zero attached hydrogens (tertiary/aromatic N) is 4. The van der Waals surface area contributed by atoms with Gasteiger partial charge in [-0.15, -0.1) is 0 Å². The Balaban J connectivity index is 1.68. The lowest BCUT2D eigenvalue weighted by Gasteiger charge is -2.32. The predicted octanol–water partition coefficient (Wildman–Crippen LogP) is 5.87. The minimum Gasteiger partial charge on any atom is -0.497 e. The molecule has 0 saturated heterocycles. The zero-order valence-corrected chi connectivity index (χ0v) is 20.8. The van der Waals surface area contributed by atoms with E-state index in [1.807, 2.05) is 13.0 Å². The summed E-state index contributed by atoms with van der Waals surface area (Å²) in [5.74, 6) is 0.112. The standard InChI is InChI=1S/C27H26F3N5O3/c1-15(17-5-3-6-17)31-22-21-23(33-24(32-22)26(36)37)34-25(18-7-4-8-20(13-18)38-2)35(21)14-16-9-11-19(12-10-16)27(28,29)30/h4,7-13,15,17H,3,5-6,14H2,1-2H3,(H,36,37)(H,31,32,33)/t15-/m1/s1. The molecule has 11 heteroatoms. The molecule has 38 heavy (non-hydrogen) atoms. The topological polar surface area (TPSA) is 102 Å². The van der Waals surface area contributed by atoms with Crippen LogP contribution in [0.2, 0.25) is 0 Å². The van der Waals surface area contributed by atoms with Crippen LogP contribution < -0.4 is 10.1 Å². The van der Waals surface area contributed by atoms with E-state index in [0.717, 1.165) is 31.4 Å². The van der Waals surface area contributed by atoms with Gasteiger partial charge in [0, 0.05) is 18.2 Å². The number of alkyl halides is 3. The van der Waals surface area contributed by atoms with Crippen LogP contribution in [0, 0.1) is 5.92 Å². The van der Waals surface area contributed by atoms with Crippen LogP contribution in [0.25, 0.3) is 22.6 Å². The van der Waals surface area contributed by atoms with Crippen LogP contribution in [0.3, 0.4) is 0 Å². The lowest BCUT2D eigenvalue weighted by molar-refractivity contribution is -0.137. The van der Waals surface area contributed by atoms with Crippen molar-refractivity contribution in [3.05, 3.63) is 65.5 Å². The molecule has 0 bridgehead atoms. The molecule has 2 aromatic carbocycles. The molecule has 4 aromatic rings. The van der Waals surface area contributed by atoms with Gasteiger partial charge >= 0.3 is 12.1 Å². The van der Waals surface area contributed by atoms with Crippen LogP contribution in [-0.4, -0.2) is 43.7 Å². The van der Waals surface area contributed by atoms with E-state index in [0.29, 0.717) is 40.0 Å². The maximum atomic E-state index is 13.1. The van der Waals surface area contributed by atoms with E-state index in [-0.39, 0.29) is 18.2 Å². The summed E-state index contributed by atoms with van der Waals surface area (Å²) < 4.78 is 46.6. The highest BCUT2D eigenvalue weighted by Crippen LogP contribution is 2.35. The summed E-state index contributed by atoms with van der Waals surface area (Å²) in [5, 5.41) is 13.0. The van der Waals surface area contributed by atoms with Crippen molar-refractivity contribution < 1.29 is 27.8 Å². The number of rotatable bonds is 8. The first-order valence-corrected chi connectivity index (χ1v) is 12.2. The Morgan fingerprint density at radius 2 is 1.89 bits per heavy atom. The maximum Gasteiger partial charge on any atom is 0.416 e. The number of halogens is 3. The van der Waals surface area contributed by atoms with Crippen molar-refractivity contribution in [1.82, 2.24) is 19.5 Å². The van der Waals surface area contributed by atoms with Crippen LogP contribution in [0.1, 0.15) is 47.9 Å². The zero-order chi connectivity index (χ0) is 27.0. The highest BCUT2D eigenvalue weighted by molar-refractivity contribution is 5.92. The molecule has 1 atom stereocenters. The number of methoxy groups -OCH3 is 1. The third-order valence-corrected chi connectivity index (χ3v) is 6.97. The number of carboxylic acids is 1. The molecular weight excluding hydrogens is 499 g/mol. The Hall–Kier alpha value is -4.15. The van der Waals surface area contributed by atoms with Gasteiger partial charge in [-0.3, -0.25) is 0 Å². The number of nitrogens with one attached hydrogen (secondary N) is 1. The summed E-state index contributed by atoms with van der Waals surface area (Å²) in [6, 6.07) is 12.1. The maximum absolute atomic E-state index is 13.1. The molecule has 0 radical (unpaired) electrons. The first-order chi connectivity index (χ1) is 18.1. The fourth-order valence-corrected chi connectivity index (χ4v) is 4.62. The van der Waals surface area contributed by atoms with Crippen LogP contribution in [0.4, 0.5) is 19.0 Å². The molecule has 1 aliphatic carbocycles. The van der Waals surface area contributed by atoms with Crippen LogP contribution in [0.5, 0.6) is 5.75 Å². The number of carbonyl (C=O) groups is 1. The van der Waals surface area contributed by atoms with Crippen molar-refractivity contribution in [2.24, 2.45) is 5.92 Å². The summed E-state index contributed by atoms with van der Waals surface area (Å²) in [4.78, 5) is 25.0. The monoisotopic (exact) mass is 525 g/mol.